The Morgan fingerprint density at radius 3 is 2.59 bits per heavy atom. The van der Waals surface area contributed by atoms with E-state index in [1.165, 1.54) is 17.7 Å². The summed E-state index contributed by atoms with van der Waals surface area (Å²) in [5.41, 5.74) is 1.53. The van der Waals surface area contributed by atoms with Gasteiger partial charge in [-0.3, -0.25) is 9.89 Å². The summed E-state index contributed by atoms with van der Waals surface area (Å²) in [4.78, 5) is 6.52. The Morgan fingerprint density at radius 1 is 1.21 bits per heavy atom. The summed E-state index contributed by atoms with van der Waals surface area (Å²) < 4.78 is 38.7. The van der Waals surface area contributed by atoms with Crippen LogP contribution in [0.2, 0.25) is 0 Å². The summed E-state index contributed by atoms with van der Waals surface area (Å²) in [5, 5.41) is 10.8. The molecular weight excluding hydrogens is 397 g/mol. The van der Waals surface area contributed by atoms with Crippen molar-refractivity contribution in [2.45, 2.75) is 31.6 Å². The van der Waals surface area contributed by atoms with E-state index in [9.17, 15) is 13.2 Å². The minimum Gasteiger partial charge on any atom is -0.356 e. The molecule has 0 bridgehead atoms. The lowest BCUT2D eigenvalue weighted by Crippen LogP contribution is -2.44. The van der Waals surface area contributed by atoms with Crippen molar-refractivity contribution in [1.82, 2.24) is 15.5 Å². The second-order valence-electron chi connectivity index (χ2n) is 7.39. The minimum absolute atomic E-state index is 0.0773. The lowest BCUT2D eigenvalue weighted by atomic mass is 9.84. The minimum atomic E-state index is -4.31. The van der Waals surface area contributed by atoms with Crippen LogP contribution in [0.25, 0.3) is 0 Å². The number of halogens is 3. The molecule has 1 fully saturated rings. The zero-order valence-corrected chi connectivity index (χ0v) is 17.5. The first-order valence-electron chi connectivity index (χ1n) is 9.71. The molecule has 1 aromatic heterocycles. The number of hydrogen-bond acceptors (Lipinski definition) is 3. The highest BCUT2D eigenvalue weighted by atomic mass is 32.1. The molecule has 1 aliphatic heterocycles. The summed E-state index contributed by atoms with van der Waals surface area (Å²) in [5.74, 6) is 1.01. The molecule has 29 heavy (non-hydrogen) atoms. The molecule has 0 aliphatic carbocycles. The standard InChI is InChI=1S/C21H27F3N4S/c1-25-20(26-12-15-9-11-29-14-15)27-13-17-4-3-10-28(2)19(17)16-5-7-18(8-6-16)21(22,23)24/h5-9,11,14,17,19H,3-4,10,12-13H2,1-2H3,(H2,25,26,27). The molecule has 2 unspecified atom stereocenters. The number of rotatable bonds is 5. The van der Waals surface area contributed by atoms with Gasteiger partial charge in [-0.05, 0) is 72.4 Å². The van der Waals surface area contributed by atoms with Crippen LogP contribution in [0.15, 0.2) is 46.1 Å². The van der Waals surface area contributed by atoms with Crippen molar-refractivity contribution >= 4 is 17.3 Å². The fourth-order valence-electron chi connectivity index (χ4n) is 3.90. The van der Waals surface area contributed by atoms with Crippen LogP contribution in [0.5, 0.6) is 0 Å². The smallest absolute Gasteiger partial charge is 0.356 e. The van der Waals surface area contributed by atoms with Gasteiger partial charge in [0.25, 0.3) is 0 Å². The number of aliphatic imine (C=N–C) groups is 1. The van der Waals surface area contributed by atoms with E-state index >= 15 is 0 Å². The number of piperidine rings is 1. The fourth-order valence-corrected chi connectivity index (χ4v) is 4.57. The Bertz CT molecular complexity index is 787. The van der Waals surface area contributed by atoms with Gasteiger partial charge in [-0.15, -0.1) is 0 Å². The normalized spacial score (nSPS) is 21.2. The topological polar surface area (TPSA) is 39.7 Å². The number of likely N-dealkylation sites (tertiary alicyclic amines) is 1. The van der Waals surface area contributed by atoms with Crippen molar-refractivity contribution in [3.8, 4) is 0 Å². The maximum atomic E-state index is 12.9. The molecule has 158 valence electrons. The molecule has 2 N–H and O–H groups in total. The molecule has 8 heteroatoms. The predicted molar refractivity (Wildman–Crippen MR) is 112 cm³/mol. The highest BCUT2D eigenvalue weighted by molar-refractivity contribution is 7.07. The lowest BCUT2D eigenvalue weighted by molar-refractivity contribution is -0.137. The lowest BCUT2D eigenvalue weighted by Gasteiger charge is -2.40. The number of nitrogens with zero attached hydrogens (tertiary/aromatic N) is 2. The molecule has 0 saturated carbocycles. The van der Waals surface area contributed by atoms with E-state index in [0.717, 1.165) is 30.9 Å². The highest BCUT2D eigenvalue weighted by Gasteiger charge is 2.33. The maximum Gasteiger partial charge on any atom is 0.416 e. The molecular formula is C21H27F3N4S. The first kappa shape index (κ1) is 21.6. The van der Waals surface area contributed by atoms with Gasteiger partial charge in [0.05, 0.1) is 5.56 Å². The van der Waals surface area contributed by atoms with Crippen LogP contribution in [0.3, 0.4) is 0 Å². The number of benzene rings is 1. The zero-order valence-electron chi connectivity index (χ0n) is 16.7. The number of thiophene rings is 1. The summed E-state index contributed by atoms with van der Waals surface area (Å²) in [7, 11) is 3.78. The van der Waals surface area contributed by atoms with Crippen LogP contribution >= 0.6 is 11.3 Å². The van der Waals surface area contributed by atoms with Crippen molar-refractivity contribution in [2.75, 3.05) is 27.2 Å². The van der Waals surface area contributed by atoms with Crippen LogP contribution < -0.4 is 10.6 Å². The average Bonchev–Trinajstić information content (AvgIpc) is 3.21. The van der Waals surface area contributed by atoms with Crippen LogP contribution in [-0.2, 0) is 12.7 Å². The highest BCUT2D eigenvalue weighted by Crippen LogP contribution is 2.36. The van der Waals surface area contributed by atoms with Gasteiger partial charge in [-0.2, -0.15) is 24.5 Å². The Kier molecular flexibility index (Phi) is 7.18. The maximum absolute atomic E-state index is 12.9. The molecule has 1 aromatic carbocycles. The van der Waals surface area contributed by atoms with E-state index < -0.39 is 11.7 Å². The Hall–Kier alpha value is -2.06. The second-order valence-corrected chi connectivity index (χ2v) is 8.17. The van der Waals surface area contributed by atoms with E-state index in [4.69, 9.17) is 0 Å². The van der Waals surface area contributed by atoms with E-state index in [-0.39, 0.29) is 12.0 Å². The summed E-state index contributed by atoms with van der Waals surface area (Å²) >= 11 is 1.66. The van der Waals surface area contributed by atoms with Gasteiger partial charge in [0.15, 0.2) is 5.96 Å². The number of hydrogen-bond donors (Lipinski definition) is 2. The van der Waals surface area contributed by atoms with Crippen LogP contribution in [0, 0.1) is 5.92 Å². The van der Waals surface area contributed by atoms with Gasteiger partial charge >= 0.3 is 6.18 Å². The number of alkyl halides is 3. The monoisotopic (exact) mass is 424 g/mol. The van der Waals surface area contributed by atoms with Crippen LogP contribution in [0.4, 0.5) is 13.2 Å². The molecule has 4 nitrogen and oxygen atoms in total. The molecule has 2 heterocycles. The Labute approximate surface area is 173 Å². The largest absolute Gasteiger partial charge is 0.416 e. The first-order chi connectivity index (χ1) is 13.9. The van der Waals surface area contributed by atoms with Gasteiger partial charge in [-0.25, -0.2) is 0 Å². The summed E-state index contributed by atoms with van der Waals surface area (Å²) in [6.07, 6.45) is -2.22. The van der Waals surface area contributed by atoms with Crippen molar-refractivity contribution in [3.05, 3.63) is 57.8 Å². The summed E-state index contributed by atoms with van der Waals surface area (Å²) in [6.45, 7) is 2.35. The third-order valence-electron chi connectivity index (χ3n) is 5.38. The average molecular weight is 425 g/mol. The molecule has 0 amide bonds. The van der Waals surface area contributed by atoms with Gasteiger partial charge in [-0.1, -0.05) is 12.1 Å². The van der Waals surface area contributed by atoms with Crippen molar-refractivity contribution in [2.24, 2.45) is 10.9 Å². The number of nitrogens with one attached hydrogen (secondary N) is 2. The molecule has 3 rings (SSSR count). The Balaban J connectivity index is 1.64. The molecule has 0 spiro atoms. The molecule has 1 saturated heterocycles. The van der Waals surface area contributed by atoms with Crippen LogP contribution in [0.1, 0.15) is 35.6 Å². The zero-order chi connectivity index (χ0) is 20.9. The van der Waals surface area contributed by atoms with E-state index in [1.54, 1.807) is 30.5 Å². The third kappa shape index (κ3) is 5.73. The first-order valence-corrected chi connectivity index (χ1v) is 10.7. The number of guanidine groups is 1. The second kappa shape index (κ2) is 9.63. The predicted octanol–water partition coefficient (Wildman–Crippen LogP) is 4.52. The Morgan fingerprint density at radius 2 is 1.97 bits per heavy atom. The summed E-state index contributed by atoms with van der Waals surface area (Å²) in [6, 6.07) is 7.75. The van der Waals surface area contributed by atoms with Crippen molar-refractivity contribution in [3.63, 3.8) is 0 Å². The molecule has 0 radical (unpaired) electrons. The van der Waals surface area contributed by atoms with Gasteiger partial charge < -0.3 is 10.6 Å². The van der Waals surface area contributed by atoms with Gasteiger partial charge in [0.2, 0.25) is 0 Å². The molecule has 1 aliphatic rings. The quantitative estimate of drug-likeness (QED) is 0.548. The molecule has 2 atom stereocenters. The van der Waals surface area contributed by atoms with Crippen LogP contribution in [-0.4, -0.2) is 38.0 Å². The molecule has 2 aromatic rings. The van der Waals surface area contributed by atoms with E-state index in [2.05, 4.69) is 32.0 Å². The van der Waals surface area contributed by atoms with E-state index in [1.807, 2.05) is 12.4 Å². The van der Waals surface area contributed by atoms with Crippen molar-refractivity contribution < 1.29 is 13.2 Å². The van der Waals surface area contributed by atoms with Gasteiger partial charge in [0.1, 0.15) is 0 Å². The third-order valence-corrected chi connectivity index (χ3v) is 6.11. The SMILES string of the molecule is CN=C(NCc1ccsc1)NCC1CCCN(C)C1c1ccc(C(F)(F)F)cc1. The fraction of sp³-hybridized carbons (Fsp3) is 0.476. The van der Waals surface area contributed by atoms with Gasteiger partial charge in [0, 0.05) is 26.2 Å². The van der Waals surface area contributed by atoms with E-state index in [0.29, 0.717) is 13.1 Å². The van der Waals surface area contributed by atoms with Crippen molar-refractivity contribution in [1.29, 1.82) is 0 Å².